The van der Waals surface area contributed by atoms with E-state index >= 15 is 0 Å². The lowest BCUT2D eigenvalue weighted by molar-refractivity contribution is -0.137. The van der Waals surface area contributed by atoms with E-state index in [-0.39, 0.29) is 10.6 Å². The third kappa shape index (κ3) is 3.74. The number of alkyl halides is 3. The predicted molar refractivity (Wildman–Crippen MR) is 83.8 cm³/mol. The summed E-state index contributed by atoms with van der Waals surface area (Å²) in [6.07, 6.45) is -4.41. The molecule has 1 heterocycles. The van der Waals surface area contributed by atoms with Crippen molar-refractivity contribution in [2.24, 2.45) is 5.73 Å². The third-order valence-corrected chi connectivity index (χ3v) is 4.05. The van der Waals surface area contributed by atoms with E-state index in [1.54, 1.807) is 18.4 Å². The Kier molecular flexibility index (Phi) is 4.53. The van der Waals surface area contributed by atoms with Gasteiger partial charge in [0.2, 0.25) is 0 Å². The smallest absolute Gasteiger partial charge is 0.389 e. The number of benzene rings is 1. The van der Waals surface area contributed by atoms with Crippen molar-refractivity contribution in [3.63, 3.8) is 0 Å². The molecular weight excluding hydrogens is 317 g/mol. The Bertz CT molecular complexity index is 636. The van der Waals surface area contributed by atoms with Gasteiger partial charge in [-0.2, -0.15) is 13.2 Å². The van der Waals surface area contributed by atoms with E-state index in [0.717, 1.165) is 17.0 Å². The number of hydrogen-bond acceptors (Lipinski definition) is 3. The van der Waals surface area contributed by atoms with Gasteiger partial charge in [-0.15, -0.1) is 11.3 Å². The van der Waals surface area contributed by atoms with Crippen molar-refractivity contribution in [2.75, 3.05) is 11.9 Å². The van der Waals surface area contributed by atoms with Gasteiger partial charge in [0.05, 0.1) is 12.1 Å². The summed E-state index contributed by atoms with van der Waals surface area (Å²) >= 11 is 6.47. The maximum Gasteiger partial charge on any atom is 0.416 e. The van der Waals surface area contributed by atoms with Gasteiger partial charge < -0.3 is 10.6 Å². The molecule has 2 N–H and O–H groups in total. The fraction of sp³-hybridized carbons (Fsp3) is 0.214. The number of nitrogens with two attached hydrogens (primary N) is 1. The molecule has 0 fully saturated rings. The van der Waals surface area contributed by atoms with Crippen molar-refractivity contribution >= 4 is 34.2 Å². The fourth-order valence-corrected chi connectivity index (χ4v) is 2.88. The zero-order valence-corrected chi connectivity index (χ0v) is 12.8. The standard InChI is InChI=1S/C14H13F3N2S2/c1-19(8-10-3-2-6-21-10)12-5-4-9(14(15,16)17)7-11(12)13(18)20/h2-7H,8H2,1H3,(H2,18,20). The van der Waals surface area contributed by atoms with Crippen molar-refractivity contribution in [3.8, 4) is 0 Å². The van der Waals surface area contributed by atoms with Gasteiger partial charge in [-0.05, 0) is 29.6 Å². The molecule has 0 saturated heterocycles. The van der Waals surface area contributed by atoms with Crippen LogP contribution in [0.15, 0.2) is 35.7 Å². The van der Waals surface area contributed by atoms with Crippen molar-refractivity contribution < 1.29 is 13.2 Å². The molecule has 1 aromatic heterocycles. The summed E-state index contributed by atoms with van der Waals surface area (Å²) in [5.41, 5.74) is 5.65. The first-order valence-electron chi connectivity index (χ1n) is 6.03. The van der Waals surface area contributed by atoms with E-state index in [0.29, 0.717) is 12.2 Å². The Balaban J connectivity index is 2.36. The number of anilines is 1. The first-order valence-corrected chi connectivity index (χ1v) is 7.32. The largest absolute Gasteiger partial charge is 0.416 e. The monoisotopic (exact) mass is 330 g/mol. The molecule has 7 heteroatoms. The average Bonchev–Trinajstić information content (AvgIpc) is 2.89. The van der Waals surface area contributed by atoms with Crippen LogP contribution in [0.25, 0.3) is 0 Å². The minimum Gasteiger partial charge on any atom is -0.389 e. The lowest BCUT2D eigenvalue weighted by atomic mass is 10.1. The number of hydrogen-bond donors (Lipinski definition) is 1. The van der Waals surface area contributed by atoms with Gasteiger partial charge in [-0.3, -0.25) is 0 Å². The molecule has 0 spiro atoms. The van der Waals surface area contributed by atoms with Crippen LogP contribution in [0.3, 0.4) is 0 Å². The highest BCUT2D eigenvalue weighted by molar-refractivity contribution is 7.80. The summed E-state index contributed by atoms with van der Waals surface area (Å²) in [7, 11) is 1.80. The van der Waals surface area contributed by atoms with Crippen molar-refractivity contribution in [1.29, 1.82) is 0 Å². The van der Waals surface area contributed by atoms with Gasteiger partial charge in [-0.25, -0.2) is 0 Å². The van der Waals surface area contributed by atoms with Crippen LogP contribution in [0.2, 0.25) is 0 Å². The summed E-state index contributed by atoms with van der Waals surface area (Å²) < 4.78 is 38.3. The molecule has 0 radical (unpaired) electrons. The second kappa shape index (κ2) is 6.03. The molecule has 0 unspecified atom stereocenters. The summed E-state index contributed by atoms with van der Waals surface area (Å²) in [4.78, 5) is 2.89. The Morgan fingerprint density at radius 1 is 1.33 bits per heavy atom. The highest BCUT2D eigenvalue weighted by Crippen LogP contribution is 2.33. The highest BCUT2D eigenvalue weighted by atomic mass is 32.1. The van der Waals surface area contributed by atoms with E-state index in [1.165, 1.54) is 6.07 Å². The zero-order chi connectivity index (χ0) is 15.6. The van der Waals surface area contributed by atoms with Crippen molar-refractivity contribution in [2.45, 2.75) is 12.7 Å². The van der Waals surface area contributed by atoms with E-state index in [9.17, 15) is 13.2 Å². The molecular formula is C14H13F3N2S2. The molecule has 2 aromatic rings. The maximum absolute atomic E-state index is 12.8. The van der Waals surface area contributed by atoms with Crippen LogP contribution in [0.1, 0.15) is 16.0 Å². The second-order valence-electron chi connectivity index (χ2n) is 4.53. The minimum absolute atomic E-state index is 0.0471. The van der Waals surface area contributed by atoms with E-state index in [4.69, 9.17) is 18.0 Å². The third-order valence-electron chi connectivity index (χ3n) is 2.97. The van der Waals surface area contributed by atoms with Crippen molar-refractivity contribution in [3.05, 3.63) is 51.7 Å². The van der Waals surface area contributed by atoms with Crippen LogP contribution in [0.4, 0.5) is 18.9 Å². The van der Waals surface area contributed by atoms with Gasteiger partial charge in [0, 0.05) is 23.2 Å². The minimum atomic E-state index is -4.41. The molecule has 1 aromatic carbocycles. The van der Waals surface area contributed by atoms with Gasteiger partial charge >= 0.3 is 6.18 Å². The topological polar surface area (TPSA) is 29.3 Å². The quantitative estimate of drug-likeness (QED) is 0.858. The van der Waals surface area contributed by atoms with E-state index in [1.807, 2.05) is 22.4 Å². The molecule has 112 valence electrons. The Hall–Kier alpha value is -1.60. The second-order valence-corrected chi connectivity index (χ2v) is 6.00. The molecule has 0 saturated carbocycles. The molecule has 21 heavy (non-hydrogen) atoms. The molecule has 0 bridgehead atoms. The molecule has 2 rings (SSSR count). The van der Waals surface area contributed by atoms with E-state index in [2.05, 4.69) is 0 Å². The maximum atomic E-state index is 12.8. The van der Waals surface area contributed by atoms with Crippen LogP contribution in [0, 0.1) is 0 Å². The first-order chi connectivity index (χ1) is 9.79. The fourth-order valence-electron chi connectivity index (χ4n) is 1.96. The SMILES string of the molecule is CN(Cc1cccs1)c1ccc(C(F)(F)F)cc1C(N)=S. The van der Waals surface area contributed by atoms with Gasteiger partial charge in [0.1, 0.15) is 4.99 Å². The number of thiophene rings is 1. The summed E-state index contributed by atoms with van der Waals surface area (Å²) in [5.74, 6) is 0. The van der Waals surface area contributed by atoms with Crippen LogP contribution in [0.5, 0.6) is 0 Å². The Labute approximate surface area is 130 Å². The van der Waals surface area contributed by atoms with Crippen LogP contribution < -0.4 is 10.6 Å². The number of nitrogens with zero attached hydrogens (tertiary/aromatic N) is 1. The van der Waals surface area contributed by atoms with Crippen molar-refractivity contribution in [1.82, 2.24) is 0 Å². The Morgan fingerprint density at radius 3 is 2.57 bits per heavy atom. The van der Waals surface area contributed by atoms with Crippen LogP contribution in [-0.4, -0.2) is 12.0 Å². The Morgan fingerprint density at radius 2 is 2.05 bits per heavy atom. The van der Waals surface area contributed by atoms with E-state index < -0.39 is 11.7 Å². The molecule has 0 aliphatic carbocycles. The molecule has 0 atom stereocenters. The normalized spacial score (nSPS) is 11.4. The summed E-state index contributed by atoms with van der Waals surface area (Å²) in [6, 6.07) is 7.34. The molecule has 0 aliphatic rings. The summed E-state index contributed by atoms with van der Waals surface area (Å²) in [5, 5.41) is 1.95. The predicted octanol–water partition coefficient (Wildman–Crippen LogP) is 4.04. The zero-order valence-electron chi connectivity index (χ0n) is 11.1. The highest BCUT2D eigenvalue weighted by Gasteiger charge is 2.31. The summed E-state index contributed by atoms with van der Waals surface area (Å²) in [6.45, 7) is 0.582. The van der Waals surface area contributed by atoms with Gasteiger partial charge in [-0.1, -0.05) is 18.3 Å². The van der Waals surface area contributed by atoms with Gasteiger partial charge in [0.25, 0.3) is 0 Å². The number of halogens is 3. The van der Waals surface area contributed by atoms with Crippen LogP contribution in [-0.2, 0) is 12.7 Å². The molecule has 0 amide bonds. The number of rotatable bonds is 4. The molecule has 2 nitrogen and oxygen atoms in total. The van der Waals surface area contributed by atoms with Gasteiger partial charge in [0.15, 0.2) is 0 Å². The van der Waals surface area contributed by atoms with Crippen LogP contribution >= 0.6 is 23.6 Å². The lowest BCUT2D eigenvalue weighted by Crippen LogP contribution is -2.22. The number of thiocarbonyl (C=S) groups is 1. The molecule has 0 aliphatic heterocycles. The average molecular weight is 330 g/mol. The first kappa shape index (κ1) is 15.8. The lowest BCUT2D eigenvalue weighted by Gasteiger charge is -2.22.